The number of halogens is 1. The second-order valence-corrected chi connectivity index (χ2v) is 6.04. The van der Waals surface area contributed by atoms with Crippen LogP contribution in [0.15, 0.2) is 35.3 Å². The zero-order valence-electron chi connectivity index (χ0n) is 13.9. The van der Waals surface area contributed by atoms with Crippen molar-refractivity contribution in [2.45, 2.75) is 0 Å². The third-order valence-corrected chi connectivity index (χ3v) is 4.08. The zero-order valence-corrected chi connectivity index (χ0v) is 14.7. The van der Waals surface area contributed by atoms with Gasteiger partial charge in [-0.05, 0) is 24.3 Å². The number of pyridine rings is 1. The lowest BCUT2D eigenvalue weighted by Crippen LogP contribution is -2.35. The second kappa shape index (κ2) is 7.04. The molecule has 0 aliphatic rings. The standard InChI is InChI=1S/C17H13ClN4O5/c1-22-15-10(6-19-14(21-15)8-2-4-9(18)5-3-8)13(25)12(17(22)27)16(26)20-7-11(23)24/h2-6,25H,7H2,1H3,(H,20,26)(H,23,24). The Hall–Kier alpha value is -3.46. The summed E-state index contributed by atoms with van der Waals surface area (Å²) >= 11 is 5.86. The fraction of sp³-hybridized carbons (Fsp3) is 0.118. The van der Waals surface area contributed by atoms with E-state index in [9.17, 15) is 19.5 Å². The molecule has 1 aromatic carbocycles. The number of carboxylic acid groups (broad SMARTS) is 1. The lowest BCUT2D eigenvalue weighted by Gasteiger charge is -2.11. The third-order valence-electron chi connectivity index (χ3n) is 3.83. The van der Waals surface area contributed by atoms with Gasteiger partial charge in [-0.2, -0.15) is 0 Å². The Kier molecular flexibility index (Phi) is 4.78. The van der Waals surface area contributed by atoms with Crippen molar-refractivity contribution in [2.24, 2.45) is 7.05 Å². The molecule has 3 aromatic rings. The van der Waals surface area contributed by atoms with Crippen LogP contribution in [0, 0.1) is 0 Å². The first-order valence-corrected chi connectivity index (χ1v) is 8.02. The minimum Gasteiger partial charge on any atom is -0.506 e. The number of aromatic hydroxyl groups is 1. The lowest BCUT2D eigenvalue weighted by atomic mass is 10.1. The van der Waals surface area contributed by atoms with Crippen LogP contribution in [0.25, 0.3) is 22.4 Å². The lowest BCUT2D eigenvalue weighted by molar-refractivity contribution is -0.135. The Balaban J connectivity index is 2.14. The molecule has 0 unspecified atom stereocenters. The zero-order chi connectivity index (χ0) is 19.7. The molecule has 27 heavy (non-hydrogen) atoms. The monoisotopic (exact) mass is 388 g/mol. The molecule has 0 bridgehead atoms. The topological polar surface area (TPSA) is 134 Å². The highest BCUT2D eigenvalue weighted by atomic mass is 35.5. The van der Waals surface area contributed by atoms with Gasteiger partial charge in [0.05, 0.1) is 5.39 Å². The van der Waals surface area contributed by atoms with E-state index in [-0.39, 0.29) is 11.0 Å². The van der Waals surface area contributed by atoms with Crippen LogP contribution in [0.2, 0.25) is 5.02 Å². The number of carbonyl (C=O) groups is 2. The van der Waals surface area contributed by atoms with E-state index in [4.69, 9.17) is 16.7 Å². The largest absolute Gasteiger partial charge is 0.506 e. The molecule has 2 aromatic heterocycles. The smallest absolute Gasteiger partial charge is 0.322 e. The number of aryl methyl sites for hydroxylation is 1. The van der Waals surface area contributed by atoms with E-state index in [1.54, 1.807) is 24.3 Å². The first-order valence-electron chi connectivity index (χ1n) is 7.64. The van der Waals surface area contributed by atoms with E-state index in [1.165, 1.54) is 13.2 Å². The first kappa shape index (κ1) is 18.3. The summed E-state index contributed by atoms with van der Waals surface area (Å²) in [6.07, 6.45) is 1.29. The highest BCUT2D eigenvalue weighted by Gasteiger charge is 2.22. The summed E-state index contributed by atoms with van der Waals surface area (Å²) in [6, 6.07) is 6.73. The maximum absolute atomic E-state index is 12.5. The molecule has 0 aliphatic heterocycles. The SMILES string of the molecule is Cn1c(=O)c(C(=O)NCC(=O)O)c(O)c2cnc(-c3ccc(Cl)cc3)nc21. The normalized spacial score (nSPS) is 10.7. The highest BCUT2D eigenvalue weighted by molar-refractivity contribution is 6.30. The molecule has 3 rings (SSSR count). The van der Waals surface area contributed by atoms with Gasteiger partial charge in [-0.25, -0.2) is 9.97 Å². The van der Waals surface area contributed by atoms with Gasteiger partial charge < -0.3 is 15.5 Å². The molecule has 9 nitrogen and oxygen atoms in total. The molecule has 2 heterocycles. The van der Waals surface area contributed by atoms with Crippen LogP contribution in [0.4, 0.5) is 0 Å². The fourth-order valence-corrected chi connectivity index (χ4v) is 2.61. The molecule has 0 spiro atoms. The molecule has 3 N–H and O–H groups in total. The Bertz CT molecular complexity index is 1120. The molecule has 0 saturated carbocycles. The highest BCUT2D eigenvalue weighted by Crippen LogP contribution is 2.26. The minimum atomic E-state index is -1.28. The van der Waals surface area contributed by atoms with Gasteiger partial charge in [0.25, 0.3) is 11.5 Å². The quantitative estimate of drug-likeness (QED) is 0.610. The Morgan fingerprint density at radius 1 is 1.26 bits per heavy atom. The van der Waals surface area contributed by atoms with Crippen LogP contribution >= 0.6 is 11.6 Å². The van der Waals surface area contributed by atoms with E-state index in [0.29, 0.717) is 16.4 Å². The van der Waals surface area contributed by atoms with Crippen molar-refractivity contribution in [3.63, 3.8) is 0 Å². The van der Waals surface area contributed by atoms with Crippen molar-refractivity contribution in [1.29, 1.82) is 0 Å². The number of fused-ring (bicyclic) bond motifs is 1. The summed E-state index contributed by atoms with van der Waals surface area (Å²) in [5.74, 6) is -2.59. The van der Waals surface area contributed by atoms with Crippen LogP contribution < -0.4 is 10.9 Å². The fourth-order valence-electron chi connectivity index (χ4n) is 2.48. The van der Waals surface area contributed by atoms with Gasteiger partial charge in [-0.1, -0.05) is 11.6 Å². The summed E-state index contributed by atoms with van der Waals surface area (Å²) in [4.78, 5) is 43.6. The molecule has 0 fully saturated rings. The summed E-state index contributed by atoms with van der Waals surface area (Å²) < 4.78 is 1.09. The third kappa shape index (κ3) is 3.44. The van der Waals surface area contributed by atoms with Crippen molar-refractivity contribution in [2.75, 3.05) is 6.54 Å². The summed E-state index contributed by atoms with van der Waals surface area (Å²) in [5.41, 5.74) is -0.624. The number of hydrogen-bond acceptors (Lipinski definition) is 6. The van der Waals surface area contributed by atoms with Crippen molar-refractivity contribution in [3.8, 4) is 17.1 Å². The first-order chi connectivity index (χ1) is 12.8. The number of amides is 1. The van der Waals surface area contributed by atoms with Crippen LogP contribution in [-0.2, 0) is 11.8 Å². The van der Waals surface area contributed by atoms with Gasteiger partial charge in [0, 0.05) is 23.8 Å². The summed E-state index contributed by atoms with van der Waals surface area (Å²) in [7, 11) is 1.39. The molecular weight excluding hydrogens is 376 g/mol. The number of aromatic nitrogens is 3. The van der Waals surface area contributed by atoms with Crippen molar-refractivity contribution in [3.05, 3.63) is 51.4 Å². The van der Waals surface area contributed by atoms with Crippen molar-refractivity contribution in [1.82, 2.24) is 19.9 Å². The van der Waals surface area contributed by atoms with Gasteiger partial charge in [-0.3, -0.25) is 19.0 Å². The number of rotatable bonds is 4. The van der Waals surface area contributed by atoms with Crippen LogP contribution in [0.5, 0.6) is 5.75 Å². The maximum Gasteiger partial charge on any atom is 0.322 e. The number of hydrogen-bond donors (Lipinski definition) is 3. The van der Waals surface area contributed by atoms with E-state index in [0.717, 1.165) is 4.57 Å². The average molecular weight is 389 g/mol. The van der Waals surface area contributed by atoms with Gasteiger partial charge in [0.2, 0.25) is 0 Å². The van der Waals surface area contributed by atoms with E-state index in [2.05, 4.69) is 9.97 Å². The number of benzene rings is 1. The summed E-state index contributed by atoms with van der Waals surface area (Å²) in [6.45, 7) is -0.689. The minimum absolute atomic E-state index is 0.0790. The van der Waals surface area contributed by atoms with Gasteiger partial charge >= 0.3 is 5.97 Å². The number of carbonyl (C=O) groups excluding carboxylic acids is 1. The number of nitrogens with zero attached hydrogens (tertiary/aromatic N) is 3. The summed E-state index contributed by atoms with van der Waals surface area (Å²) in [5, 5.41) is 21.7. The Morgan fingerprint density at radius 2 is 1.93 bits per heavy atom. The number of carboxylic acids is 1. The molecule has 10 heteroatoms. The van der Waals surface area contributed by atoms with E-state index < -0.39 is 35.3 Å². The average Bonchev–Trinajstić information content (AvgIpc) is 2.65. The molecule has 1 amide bonds. The van der Waals surface area contributed by atoms with Gasteiger partial charge in [0.15, 0.2) is 5.82 Å². The Morgan fingerprint density at radius 3 is 2.56 bits per heavy atom. The van der Waals surface area contributed by atoms with E-state index >= 15 is 0 Å². The molecule has 0 aliphatic carbocycles. The molecule has 138 valence electrons. The van der Waals surface area contributed by atoms with Crippen molar-refractivity contribution >= 4 is 34.5 Å². The molecule has 0 atom stereocenters. The number of aliphatic carboxylic acids is 1. The Labute approximate surface area is 156 Å². The van der Waals surface area contributed by atoms with Gasteiger partial charge in [0.1, 0.15) is 23.5 Å². The van der Waals surface area contributed by atoms with E-state index in [1.807, 2.05) is 5.32 Å². The second-order valence-electron chi connectivity index (χ2n) is 5.60. The number of nitrogens with one attached hydrogen (secondary N) is 1. The van der Waals surface area contributed by atoms with Gasteiger partial charge in [-0.15, -0.1) is 0 Å². The predicted octanol–water partition coefficient (Wildman–Crippen LogP) is 1.17. The molecule has 0 saturated heterocycles. The van der Waals surface area contributed by atoms with Crippen LogP contribution in [0.1, 0.15) is 10.4 Å². The molecular formula is C17H13ClN4O5. The van der Waals surface area contributed by atoms with Crippen molar-refractivity contribution < 1.29 is 19.8 Å². The van der Waals surface area contributed by atoms with Crippen LogP contribution in [0.3, 0.4) is 0 Å². The molecule has 0 radical (unpaired) electrons. The predicted molar refractivity (Wildman–Crippen MR) is 96.9 cm³/mol. The van der Waals surface area contributed by atoms with Crippen LogP contribution in [-0.4, -0.2) is 43.2 Å². The maximum atomic E-state index is 12.5.